The van der Waals surface area contributed by atoms with Gasteiger partial charge in [-0.05, 0) is 42.3 Å². The minimum absolute atomic E-state index is 0.137. The molecule has 2 aromatic carbocycles. The molecular formula is C18H19BrClNO4. The third-order valence-corrected chi connectivity index (χ3v) is 4.58. The van der Waals surface area contributed by atoms with E-state index in [1.54, 1.807) is 39.5 Å². The van der Waals surface area contributed by atoms with Crippen LogP contribution in [-0.2, 0) is 11.2 Å². The Bertz CT molecular complexity index is 767. The van der Waals surface area contributed by atoms with E-state index in [1.807, 2.05) is 12.1 Å². The summed E-state index contributed by atoms with van der Waals surface area (Å²) in [5.41, 5.74) is 1.50. The standard InChI is InChI=1S/C18H19BrClNO4/c1-23-15-6-5-12(20)9-14(15)21-18(22)7-4-11-8-16(24-2)17(25-3)10-13(11)19/h5-6,8-10H,4,7H2,1-3H3,(H,21,22). The average molecular weight is 429 g/mol. The molecule has 0 saturated heterocycles. The lowest BCUT2D eigenvalue weighted by atomic mass is 10.1. The highest BCUT2D eigenvalue weighted by Crippen LogP contribution is 2.34. The van der Waals surface area contributed by atoms with Crippen LogP contribution in [0.1, 0.15) is 12.0 Å². The number of benzene rings is 2. The first-order valence-electron chi connectivity index (χ1n) is 7.52. The molecule has 0 bridgehead atoms. The van der Waals surface area contributed by atoms with Crippen molar-refractivity contribution in [2.75, 3.05) is 26.6 Å². The van der Waals surface area contributed by atoms with Crippen molar-refractivity contribution < 1.29 is 19.0 Å². The van der Waals surface area contributed by atoms with Gasteiger partial charge in [-0.1, -0.05) is 27.5 Å². The third-order valence-electron chi connectivity index (χ3n) is 3.61. The number of rotatable bonds is 7. The van der Waals surface area contributed by atoms with E-state index in [-0.39, 0.29) is 5.91 Å². The average Bonchev–Trinajstić information content (AvgIpc) is 2.60. The van der Waals surface area contributed by atoms with Gasteiger partial charge in [-0.25, -0.2) is 0 Å². The second kappa shape index (κ2) is 8.97. The summed E-state index contributed by atoms with van der Waals surface area (Å²) in [6.07, 6.45) is 0.833. The van der Waals surface area contributed by atoms with Gasteiger partial charge in [0.15, 0.2) is 11.5 Å². The molecule has 134 valence electrons. The van der Waals surface area contributed by atoms with Crippen LogP contribution < -0.4 is 19.5 Å². The first-order valence-corrected chi connectivity index (χ1v) is 8.69. The van der Waals surface area contributed by atoms with Crippen LogP contribution in [0.2, 0.25) is 5.02 Å². The smallest absolute Gasteiger partial charge is 0.224 e. The number of carbonyl (C=O) groups is 1. The second-order valence-electron chi connectivity index (χ2n) is 5.19. The van der Waals surface area contributed by atoms with Crippen molar-refractivity contribution in [1.29, 1.82) is 0 Å². The molecule has 0 fully saturated rings. The maximum absolute atomic E-state index is 12.3. The summed E-state index contributed by atoms with van der Waals surface area (Å²) in [6, 6.07) is 8.76. The first-order chi connectivity index (χ1) is 12.0. The van der Waals surface area contributed by atoms with Crippen molar-refractivity contribution in [1.82, 2.24) is 0 Å². The maximum Gasteiger partial charge on any atom is 0.224 e. The van der Waals surface area contributed by atoms with Gasteiger partial charge >= 0.3 is 0 Å². The molecule has 1 amide bonds. The monoisotopic (exact) mass is 427 g/mol. The summed E-state index contributed by atoms with van der Waals surface area (Å²) in [5, 5.41) is 3.35. The van der Waals surface area contributed by atoms with Crippen molar-refractivity contribution in [3.8, 4) is 17.2 Å². The molecule has 2 rings (SSSR count). The number of anilines is 1. The molecule has 0 spiro atoms. The Balaban J connectivity index is 2.07. The molecule has 25 heavy (non-hydrogen) atoms. The Labute approximate surface area is 160 Å². The molecule has 1 N–H and O–H groups in total. The quantitative estimate of drug-likeness (QED) is 0.694. The summed E-state index contributed by atoms with van der Waals surface area (Å²) in [4.78, 5) is 12.3. The molecule has 0 heterocycles. The molecule has 0 aliphatic carbocycles. The zero-order chi connectivity index (χ0) is 18.4. The summed E-state index contributed by atoms with van der Waals surface area (Å²) < 4.78 is 16.6. The number of hydrogen-bond acceptors (Lipinski definition) is 4. The Hall–Kier alpha value is -1.92. The number of amides is 1. The minimum Gasteiger partial charge on any atom is -0.495 e. The van der Waals surface area contributed by atoms with Crippen LogP contribution in [0.4, 0.5) is 5.69 Å². The van der Waals surface area contributed by atoms with Crippen LogP contribution in [0.5, 0.6) is 17.2 Å². The zero-order valence-electron chi connectivity index (χ0n) is 14.2. The SMILES string of the molecule is COc1ccc(Cl)cc1NC(=O)CCc1cc(OC)c(OC)cc1Br. The highest BCUT2D eigenvalue weighted by molar-refractivity contribution is 9.10. The number of ether oxygens (including phenoxy) is 3. The van der Waals surface area contributed by atoms with E-state index in [0.29, 0.717) is 40.8 Å². The van der Waals surface area contributed by atoms with Gasteiger partial charge in [-0.15, -0.1) is 0 Å². The Kier molecular flexibility index (Phi) is 6.96. The van der Waals surface area contributed by atoms with E-state index in [4.69, 9.17) is 25.8 Å². The van der Waals surface area contributed by atoms with Crippen molar-refractivity contribution in [3.05, 3.63) is 45.4 Å². The topological polar surface area (TPSA) is 56.8 Å². The van der Waals surface area contributed by atoms with Crippen LogP contribution >= 0.6 is 27.5 Å². The van der Waals surface area contributed by atoms with Crippen LogP contribution in [0.15, 0.2) is 34.8 Å². The summed E-state index contributed by atoms with van der Waals surface area (Å²) in [7, 11) is 4.70. The number of nitrogens with one attached hydrogen (secondary N) is 1. The minimum atomic E-state index is -0.137. The molecule has 0 atom stereocenters. The van der Waals surface area contributed by atoms with E-state index >= 15 is 0 Å². The van der Waals surface area contributed by atoms with Gasteiger partial charge in [0.1, 0.15) is 5.75 Å². The normalized spacial score (nSPS) is 10.3. The number of hydrogen-bond donors (Lipinski definition) is 1. The number of methoxy groups -OCH3 is 3. The molecule has 0 aliphatic heterocycles. The second-order valence-corrected chi connectivity index (χ2v) is 6.48. The fourth-order valence-corrected chi connectivity index (χ4v) is 3.02. The van der Waals surface area contributed by atoms with Gasteiger partial charge in [0, 0.05) is 15.9 Å². The molecule has 0 radical (unpaired) electrons. The Morgan fingerprint density at radius 1 is 1.04 bits per heavy atom. The lowest BCUT2D eigenvalue weighted by Crippen LogP contribution is -2.13. The van der Waals surface area contributed by atoms with Crippen molar-refractivity contribution in [2.24, 2.45) is 0 Å². The number of carbonyl (C=O) groups excluding carboxylic acids is 1. The van der Waals surface area contributed by atoms with Crippen molar-refractivity contribution >= 4 is 39.1 Å². The van der Waals surface area contributed by atoms with E-state index in [1.165, 1.54) is 0 Å². The van der Waals surface area contributed by atoms with E-state index in [2.05, 4.69) is 21.2 Å². The van der Waals surface area contributed by atoms with Gasteiger partial charge in [0.25, 0.3) is 0 Å². The Morgan fingerprint density at radius 3 is 2.32 bits per heavy atom. The maximum atomic E-state index is 12.3. The third kappa shape index (κ3) is 5.03. The summed E-state index contributed by atoms with van der Waals surface area (Å²) >= 11 is 9.47. The van der Waals surface area contributed by atoms with Crippen molar-refractivity contribution in [2.45, 2.75) is 12.8 Å². The Morgan fingerprint density at radius 2 is 1.68 bits per heavy atom. The number of halogens is 2. The molecule has 5 nitrogen and oxygen atoms in total. The fourth-order valence-electron chi connectivity index (χ4n) is 2.33. The molecule has 7 heteroatoms. The van der Waals surface area contributed by atoms with Crippen LogP contribution in [0.3, 0.4) is 0 Å². The number of aryl methyl sites for hydroxylation is 1. The van der Waals surface area contributed by atoms with Gasteiger partial charge < -0.3 is 19.5 Å². The highest BCUT2D eigenvalue weighted by Gasteiger charge is 2.13. The van der Waals surface area contributed by atoms with Gasteiger partial charge in [-0.2, -0.15) is 0 Å². The summed E-state index contributed by atoms with van der Waals surface area (Å²) in [6.45, 7) is 0. The van der Waals surface area contributed by atoms with Crippen LogP contribution in [0.25, 0.3) is 0 Å². The lowest BCUT2D eigenvalue weighted by molar-refractivity contribution is -0.116. The van der Waals surface area contributed by atoms with Gasteiger partial charge in [0.2, 0.25) is 5.91 Å². The largest absolute Gasteiger partial charge is 0.495 e. The van der Waals surface area contributed by atoms with E-state index in [9.17, 15) is 4.79 Å². The molecular weight excluding hydrogens is 410 g/mol. The van der Waals surface area contributed by atoms with Crippen LogP contribution in [-0.4, -0.2) is 27.2 Å². The van der Waals surface area contributed by atoms with Crippen molar-refractivity contribution in [3.63, 3.8) is 0 Å². The van der Waals surface area contributed by atoms with Gasteiger partial charge in [0.05, 0.1) is 27.0 Å². The highest BCUT2D eigenvalue weighted by atomic mass is 79.9. The lowest BCUT2D eigenvalue weighted by Gasteiger charge is -2.13. The van der Waals surface area contributed by atoms with Gasteiger partial charge in [-0.3, -0.25) is 4.79 Å². The molecule has 0 unspecified atom stereocenters. The predicted octanol–water partition coefficient (Wildman–Crippen LogP) is 4.70. The van der Waals surface area contributed by atoms with E-state index in [0.717, 1.165) is 10.0 Å². The predicted molar refractivity (Wildman–Crippen MR) is 102 cm³/mol. The zero-order valence-corrected chi connectivity index (χ0v) is 16.5. The summed E-state index contributed by atoms with van der Waals surface area (Å²) in [5.74, 6) is 1.68. The fraction of sp³-hybridized carbons (Fsp3) is 0.278. The first kappa shape index (κ1) is 19.4. The van der Waals surface area contributed by atoms with E-state index < -0.39 is 0 Å². The van der Waals surface area contributed by atoms with Crippen LogP contribution in [0, 0.1) is 0 Å². The molecule has 0 aromatic heterocycles. The molecule has 2 aromatic rings. The molecule has 0 saturated carbocycles. The molecule has 0 aliphatic rings.